The van der Waals surface area contributed by atoms with Crippen molar-refractivity contribution in [3.8, 4) is 5.75 Å². The fourth-order valence-corrected chi connectivity index (χ4v) is 12.0. The second-order valence-electron chi connectivity index (χ2n) is 25.8. The van der Waals surface area contributed by atoms with E-state index in [1.807, 2.05) is 127 Å². The number of hydrogen-bond donors (Lipinski definition) is 11. The predicted molar refractivity (Wildman–Crippen MR) is 418 cm³/mol. The molecule has 0 unspecified atom stereocenters. The average molecular weight is 1450 g/mol. The van der Waals surface area contributed by atoms with E-state index in [4.69, 9.17) is 21.9 Å². The number of halogens is 2. The highest BCUT2D eigenvalue weighted by molar-refractivity contribution is 6.02. The van der Waals surface area contributed by atoms with Gasteiger partial charge in [-0.1, -0.05) is 117 Å². The first-order chi connectivity index (χ1) is 51.1. The zero-order valence-corrected chi connectivity index (χ0v) is 61.6. The van der Waals surface area contributed by atoms with Gasteiger partial charge in [-0.15, -0.1) is 0 Å². The van der Waals surface area contributed by atoms with Crippen molar-refractivity contribution in [3.63, 3.8) is 0 Å². The number of nitrogens with zero attached hydrogens (tertiary/aromatic N) is 5. The Morgan fingerprint density at radius 2 is 1.00 bits per heavy atom. The number of ether oxygens (including phenoxy) is 1. The number of hydrogen-bond acceptors (Lipinski definition) is 11. The van der Waals surface area contributed by atoms with E-state index >= 15 is 0 Å². The summed E-state index contributed by atoms with van der Waals surface area (Å²) < 4.78 is 36.3. The second kappa shape index (κ2) is 43.0. The molecule has 562 valence electrons. The maximum Gasteiger partial charge on any atom is 0.247 e. The molecule has 2 heterocycles. The Bertz CT molecular complexity index is 4320. The van der Waals surface area contributed by atoms with Crippen LogP contribution in [-0.2, 0) is 67.8 Å². The molecule has 0 aliphatic heterocycles. The second-order valence-corrected chi connectivity index (χ2v) is 25.8. The maximum absolute atomic E-state index is 13.9. The summed E-state index contributed by atoms with van der Waals surface area (Å²) in [6, 6.07) is 49.4. The van der Waals surface area contributed by atoms with E-state index in [0.717, 1.165) is 86.9 Å². The quantitative estimate of drug-likeness (QED) is 0.0100. The molecule has 9 rings (SSSR count). The maximum atomic E-state index is 13.9. The average Bonchev–Trinajstić information content (AvgIpc) is 1.64. The molecule has 0 radical (unpaired) electrons. The van der Waals surface area contributed by atoms with Gasteiger partial charge in [-0.3, -0.25) is 38.8 Å². The summed E-state index contributed by atoms with van der Waals surface area (Å²) in [5, 5.41) is 25.6. The third-order valence-electron chi connectivity index (χ3n) is 17.1. The van der Waals surface area contributed by atoms with Crippen molar-refractivity contribution in [1.82, 2.24) is 45.9 Å². The number of carbonyl (C=O) groups is 6. The molecule has 6 amide bonds. The number of aliphatic imine (C=N–C) groups is 2. The molecule has 14 N–H and O–H groups in total. The summed E-state index contributed by atoms with van der Waals surface area (Å²) in [5.41, 5.74) is 25.5. The third-order valence-corrected chi connectivity index (χ3v) is 17.1. The largest absolute Gasteiger partial charge is 0.497 e. The van der Waals surface area contributed by atoms with Crippen LogP contribution in [0.25, 0.3) is 21.8 Å². The van der Waals surface area contributed by atoms with Crippen LogP contribution < -0.4 is 64.5 Å². The zero-order chi connectivity index (χ0) is 76.3. The Labute approximate surface area is 619 Å². The van der Waals surface area contributed by atoms with Gasteiger partial charge in [-0.25, -0.2) is 8.78 Å². The highest BCUT2D eigenvalue weighted by Crippen LogP contribution is 2.29. The van der Waals surface area contributed by atoms with Crippen LogP contribution in [0.4, 0.5) is 20.2 Å². The van der Waals surface area contributed by atoms with E-state index in [1.54, 1.807) is 38.4 Å². The lowest BCUT2D eigenvalue weighted by Gasteiger charge is -2.23. The molecule has 25 heteroatoms. The Balaban J connectivity index is 0.000000267. The van der Waals surface area contributed by atoms with Gasteiger partial charge in [0.05, 0.1) is 7.11 Å². The molecule has 2 aromatic heterocycles. The molecule has 0 aliphatic rings. The summed E-state index contributed by atoms with van der Waals surface area (Å²) >= 11 is 0. The number of amides is 6. The molecule has 0 saturated heterocycles. The lowest BCUT2D eigenvalue weighted by atomic mass is 10.0. The number of nitrogens with two attached hydrogens (primary N) is 3. The lowest BCUT2D eigenvalue weighted by molar-refractivity contribution is -0.130. The number of methoxy groups -OCH3 is 1. The van der Waals surface area contributed by atoms with Gasteiger partial charge in [0.15, 0.2) is 11.9 Å². The number of para-hydroxylation sites is 1. The number of benzene rings is 7. The first-order valence-electron chi connectivity index (χ1n) is 35.7. The van der Waals surface area contributed by atoms with E-state index in [2.05, 4.69) is 99.8 Å². The van der Waals surface area contributed by atoms with Crippen molar-refractivity contribution in [2.24, 2.45) is 27.2 Å². The van der Waals surface area contributed by atoms with Gasteiger partial charge in [0, 0.05) is 119 Å². The van der Waals surface area contributed by atoms with Crippen LogP contribution in [0.15, 0.2) is 198 Å². The molecule has 7 aromatic carbocycles. The smallest absolute Gasteiger partial charge is 0.247 e. The van der Waals surface area contributed by atoms with Gasteiger partial charge in [0.2, 0.25) is 35.4 Å². The minimum atomic E-state index is -0.932. The van der Waals surface area contributed by atoms with E-state index in [1.165, 1.54) is 38.1 Å². The lowest BCUT2D eigenvalue weighted by Crippen LogP contribution is -2.53. The molecule has 106 heavy (non-hydrogen) atoms. The molecule has 23 nitrogen and oxygen atoms in total. The van der Waals surface area contributed by atoms with Crippen molar-refractivity contribution in [2.75, 3.05) is 58.0 Å². The number of guanidine groups is 2. The predicted octanol–water partition coefficient (Wildman–Crippen LogP) is 9.40. The fraction of sp³-hybridized carbons (Fsp3) is 0.333. The van der Waals surface area contributed by atoms with E-state index in [0.29, 0.717) is 69.9 Å². The van der Waals surface area contributed by atoms with Crippen LogP contribution >= 0.6 is 0 Å². The minimum absolute atomic E-state index is 0.0536. The van der Waals surface area contributed by atoms with E-state index < -0.39 is 41.9 Å². The summed E-state index contributed by atoms with van der Waals surface area (Å²) in [4.78, 5) is 88.8. The van der Waals surface area contributed by atoms with Crippen LogP contribution in [-0.4, -0.2) is 133 Å². The first kappa shape index (κ1) is 81.9. The highest BCUT2D eigenvalue weighted by Gasteiger charge is 2.29. The van der Waals surface area contributed by atoms with Crippen LogP contribution in [0.3, 0.4) is 0 Å². The Kier molecular flexibility index (Phi) is 33.2. The zero-order valence-electron chi connectivity index (χ0n) is 61.6. The first-order valence-corrected chi connectivity index (χ1v) is 35.7. The van der Waals surface area contributed by atoms with Gasteiger partial charge in [0.1, 0.15) is 41.6 Å². The molecule has 0 spiro atoms. The van der Waals surface area contributed by atoms with Crippen molar-refractivity contribution in [1.29, 1.82) is 0 Å². The van der Waals surface area contributed by atoms with Crippen LogP contribution in [0.5, 0.6) is 5.75 Å². The van der Waals surface area contributed by atoms with Gasteiger partial charge < -0.3 is 78.5 Å². The molecule has 0 saturated carbocycles. The Morgan fingerprint density at radius 3 is 1.43 bits per heavy atom. The van der Waals surface area contributed by atoms with Crippen LogP contribution in [0, 0.1) is 11.6 Å². The van der Waals surface area contributed by atoms with Crippen molar-refractivity contribution in [2.45, 2.75) is 129 Å². The van der Waals surface area contributed by atoms with E-state index in [9.17, 15) is 37.5 Å². The standard InChI is InChI=1S/C38H49FN8O3.C36H45FN8O3.C7H8O/c1-5-20-46(4)24-29-25-47(23-28-13-15-30(39)16-14-28)35-18-17-31(22-32(29)35)44-37(50)34(21-27-10-7-6-8-11-27)45-36(49)33(43-26(2)48)12-9-19-42-38(40)41-3;1-3-17-40-21-27-23-45(22-26-11-13-28(37)14-12-26)33-16-15-29(20-30(27)33)43-35(48)32(19-25-8-5-4-6-9-25)44-34(47)31(42-24(2)46)10-7-18-41-36(38)39;1-8-7-5-3-2-4-6-7/h6-8,10-11,13-18,22,25,33-34H,5,9,12,19-21,23-24H2,1-4H3,(H,43,48)(H,44,50)(H,45,49)(H3,40,41,42);4-6,8-9,11-16,20,23,31-32,40H,3,7,10,17-19,21-22H2,1-2H3,(H,42,46)(H,43,48)(H,44,47)(H4,38,39,41);2-6H,1H3/t33-,34-;31-,32-;/m00./s1. The topological polar surface area (TPSA) is 324 Å². The number of nitrogens with one attached hydrogen (secondary N) is 8. The number of rotatable bonds is 35. The number of carbonyl (C=O) groups excluding carboxylic acids is 6. The summed E-state index contributed by atoms with van der Waals surface area (Å²) in [5.74, 6) is -1.86. The highest BCUT2D eigenvalue weighted by atomic mass is 19.1. The summed E-state index contributed by atoms with van der Waals surface area (Å²) in [7, 11) is 5.31. The molecule has 4 atom stereocenters. The third kappa shape index (κ3) is 27.3. The van der Waals surface area contributed by atoms with Crippen LogP contribution in [0.1, 0.15) is 99.6 Å². The summed E-state index contributed by atoms with van der Waals surface area (Å²) in [6.07, 6.45) is 8.27. The molecule has 0 bridgehead atoms. The molecule has 9 aromatic rings. The monoisotopic (exact) mass is 1450 g/mol. The van der Waals surface area contributed by atoms with Crippen molar-refractivity contribution in [3.05, 3.63) is 233 Å². The fourth-order valence-electron chi connectivity index (χ4n) is 12.0. The molecule has 0 aliphatic carbocycles. The minimum Gasteiger partial charge on any atom is -0.497 e. The number of anilines is 2. The van der Waals surface area contributed by atoms with E-state index in [-0.39, 0.29) is 60.5 Å². The van der Waals surface area contributed by atoms with Crippen molar-refractivity contribution >= 4 is 80.5 Å². The summed E-state index contributed by atoms with van der Waals surface area (Å²) in [6.45, 7) is 11.9. The Hall–Kier alpha value is -11.4. The number of fused-ring (bicyclic) bond motifs is 2. The number of aromatic nitrogens is 2. The van der Waals surface area contributed by atoms with Crippen LogP contribution in [0.2, 0.25) is 0 Å². The van der Waals surface area contributed by atoms with Gasteiger partial charge in [-0.2, -0.15) is 0 Å². The molecular formula is C81H102F2N16O7. The van der Waals surface area contributed by atoms with Gasteiger partial charge in [-0.05, 0) is 165 Å². The van der Waals surface area contributed by atoms with Crippen molar-refractivity contribution < 1.29 is 42.3 Å². The van der Waals surface area contributed by atoms with Gasteiger partial charge in [0.25, 0.3) is 0 Å². The normalized spacial score (nSPS) is 12.2. The molecular weight excluding hydrogens is 1350 g/mol. The Morgan fingerprint density at radius 1 is 0.538 bits per heavy atom. The molecule has 0 fully saturated rings. The SMILES string of the molecule is CCCN(C)Cc1cn(Cc2ccc(F)cc2)c2ccc(NC(=O)[C@H](Cc3ccccc3)NC(=O)[C@H](CCCNC(N)=NC)NC(C)=O)cc12.CCCNCc1cn(Cc2ccc(F)cc2)c2ccc(NC(=O)[C@H](Cc3ccccc3)NC(=O)[C@H](CCCN=C(N)N)NC(C)=O)cc12.COc1ccccc1. The van der Waals surface area contributed by atoms with Gasteiger partial charge >= 0.3 is 0 Å².